The largest absolute Gasteiger partial charge is 0.391 e. The first-order valence-corrected chi connectivity index (χ1v) is 7.01. The topological polar surface area (TPSA) is 29.3 Å². The molecule has 18 heavy (non-hydrogen) atoms. The Kier molecular flexibility index (Phi) is 4.54. The van der Waals surface area contributed by atoms with Crippen molar-refractivity contribution in [3.63, 3.8) is 0 Å². The third-order valence-electron chi connectivity index (χ3n) is 4.56. The third-order valence-corrected chi connectivity index (χ3v) is 4.56. The van der Waals surface area contributed by atoms with Crippen LogP contribution in [0.3, 0.4) is 0 Å². The second-order valence-corrected chi connectivity index (χ2v) is 5.79. The van der Waals surface area contributed by atoms with Gasteiger partial charge in [0, 0.05) is 12.6 Å². The summed E-state index contributed by atoms with van der Waals surface area (Å²) in [4.78, 5) is 2.38. The summed E-state index contributed by atoms with van der Waals surface area (Å²) in [6.45, 7) is 2.73. The van der Waals surface area contributed by atoms with Crippen LogP contribution >= 0.6 is 0 Å². The highest BCUT2D eigenvalue weighted by molar-refractivity contribution is 4.85. The zero-order valence-corrected chi connectivity index (χ0v) is 10.8. The molecule has 0 radical (unpaired) electrons. The fourth-order valence-corrected chi connectivity index (χ4v) is 3.39. The third kappa shape index (κ3) is 3.38. The van der Waals surface area contributed by atoms with Crippen LogP contribution in [0.15, 0.2) is 0 Å². The molecule has 0 aromatic heterocycles. The van der Waals surface area contributed by atoms with Crippen LogP contribution < -0.4 is 5.73 Å². The van der Waals surface area contributed by atoms with E-state index in [1.165, 1.54) is 6.42 Å². The molecule has 1 atom stereocenters. The molecule has 2 N–H and O–H groups in total. The predicted molar refractivity (Wildman–Crippen MR) is 65.2 cm³/mol. The van der Waals surface area contributed by atoms with Crippen LogP contribution in [0.4, 0.5) is 13.2 Å². The van der Waals surface area contributed by atoms with Crippen LogP contribution in [-0.2, 0) is 0 Å². The zero-order valence-electron chi connectivity index (χ0n) is 10.8. The Morgan fingerprint density at radius 1 is 1.06 bits per heavy atom. The van der Waals surface area contributed by atoms with E-state index in [-0.39, 0.29) is 0 Å². The van der Waals surface area contributed by atoms with Crippen LogP contribution in [0.2, 0.25) is 0 Å². The van der Waals surface area contributed by atoms with Gasteiger partial charge in [0.1, 0.15) is 0 Å². The lowest BCUT2D eigenvalue weighted by Gasteiger charge is -2.41. The van der Waals surface area contributed by atoms with Gasteiger partial charge in [-0.2, -0.15) is 13.2 Å². The van der Waals surface area contributed by atoms with E-state index in [2.05, 4.69) is 4.90 Å². The second kappa shape index (κ2) is 5.78. The van der Waals surface area contributed by atoms with Crippen molar-refractivity contribution in [2.75, 3.05) is 19.6 Å². The number of hydrogen-bond donors (Lipinski definition) is 1. The molecule has 2 rings (SSSR count). The van der Waals surface area contributed by atoms with Gasteiger partial charge in [0.25, 0.3) is 0 Å². The molecule has 2 aliphatic rings. The van der Waals surface area contributed by atoms with Crippen molar-refractivity contribution < 1.29 is 13.2 Å². The predicted octanol–water partition coefficient (Wildman–Crippen LogP) is 2.78. The number of piperidine rings is 1. The Morgan fingerprint density at radius 2 is 1.72 bits per heavy atom. The Balaban J connectivity index is 1.82. The van der Waals surface area contributed by atoms with Crippen molar-refractivity contribution in [2.24, 2.45) is 17.6 Å². The van der Waals surface area contributed by atoms with E-state index < -0.39 is 12.1 Å². The Labute approximate surface area is 107 Å². The Hall–Kier alpha value is -0.290. The molecule has 1 saturated carbocycles. The summed E-state index contributed by atoms with van der Waals surface area (Å²) < 4.78 is 37.8. The minimum Gasteiger partial charge on any atom is -0.330 e. The molecule has 0 bridgehead atoms. The van der Waals surface area contributed by atoms with E-state index in [0.717, 1.165) is 19.5 Å². The lowest BCUT2D eigenvalue weighted by Crippen LogP contribution is -2.46. The molecular weight excluding hydrogens is 241 g/mol. The fraction of sp³-hybridized carbons (Fsp3) is 1.00. The highest BCUT2D eigenvalue weighted by atomic mass is 19.4. The standard InChI is InChI=1S/C13H23F3N2/c14-13(15,16)11-3-5-12(6-4-11)18-7-1-2-10(8-17)9-18/h10-12H,1-9,17H2. The minimum atomic E-state index is -3.99. The molecule has 5 heteroatoms. The molecule has 0 amide bonds. The van der Waals surface area contributed by atoms with Crippen LogP contribution in [0.1, 0.15) is 38.5 Å². The van der Waals surface area contributed by atoms with Gasteiger partial charge in [-0.3, -0.25) is 0 Å². The van der Waals surface area contributed by atoms with Crippen LogP contribution in [-0.4, -0.2) is 36.8 Å². The van der Waals surface area contributed by atoms with E-state index >= 15 is 0 Å². The maximum atomic E-state index is 12.6. The maximum absolute atomic E-state index is 12.6. The average Bonchev–Trinajstić information content (AvgIpc) is 2.38. The van der Waals surface area contributed by atoms with Crippen molar-refractivity contribution in [3.8, 4) is 0 Å². The number of nitrogens with two attached hydrogens (primary N) is 1. The highest BCUT2D eigenvalue weighted by Crippen LogP contribution is 2.39. The van der Waals surface area contributed by atoms with Gasteiger partial charge >= 0.3 is 6.18 Å². The van der Waals surface area contributed by atoms with E-state index in [1.807, 2.05) is 0 Å². The van der Waals surface area contributed by atoms with Gasteiger partial charge in [-0.15, -0.1) is 0 Å². The average molecular weight is 264 g/mol. The van der Waals surface area contributed by atoms with E-state index in [9.17, 15) is 13.2 Å². The SMILES string of the molecule is NCC1CCCN(C2CCC(C(F)(F)F)CC2)C1. The van der Waals surface area contributed by atoms with Gasteiger partial charge in [-0.25, -0.2) is 0 Å². The smallest absolute Gasteiger partial charge is 0.330 e. The number of halogens is 3. The van der Waals surface area contributed by atoms with Crippen LogP contribution in [0.5, 0.6) is 0 Å². The summed E-state index contributed by atoms with van der Waals surface area (Å²) in [5.74, 6) is -0.525. The van der Waals surface area contributed by atoms with Crippen LogP contribution in [0, 0.1) is 11.8 Å². The van der Waals surface area contributed by atoms with E-state index in [0.29, 0.717) is 44.2 Å². The van der Waals surface area contributed by atoms with Gasteiger partial charge < -0.3 is 10.6 Å². The van der Waals surface area contributed by atoms with Crippen molar-refractivity contribution in [2.45, 2.75) is 50.7 Å². The first-order valence-electron chi connectivity index (χ1n) is 7.01. The molecule has 0 aromatic rings. The Bertz CT molecular complexity index is 259. The molecule has 0 aromatic carbocycles. The molecule has 1 saturated heterocycles. The summed E-state index contributed by atoms with van der Waals surface area (Å²) >= 11 is 0. The first kappa shape index (κ1) is 14.1. The van der Waals surface area contributed by atoms with Crippen molar-refractivity contribution in [1.29, 1.82) is 0 Å². The molecule has 1 heterocycles. The number of likely N-dealkylation sites (tertiary alicyclic amines) is 1. The maximum Gasteiger partial charge on any atom is 0.391 e. The van der Waals surface area contributed by atoms with E-state index in [1.54, 1.807) is 0 Å². The van der Waals surface area contributed by atoms with Gasteiger partial charge in [-0.1, -0.05) is 0 Å². The first-order chi connectivity index (χ1) is 8.50. The molecule has 0 spiro atoms. The van der Waals surface area contributed by atoms with Gasteiger partial charge in [0.15, 0.2) is 0 Å². The summed E-state index contributed by atoms with van der Waals surface area (Å²) in [5, 5.41) is 0. The molecule has 2 fully saturated rings. The Morgan fingerprint density at radius 3 is 2.28 bits per heavy atom. The zero-order chi connectivity index (χ0) is 13.2. The van der Waals surface area contributed by atoms with Crippen molar-refractivity contribution in [3.05, 3.63) is 0 Å². The summed E-state index contributed by atoms with van der Waals surface area (Å²) in [5.41, 5.74) is 5.70. The van der Waals surface area contributed by atoms with Gasteiger partial charge in [-0.05, 0) is 57.5 Å². The van der Waals surface area contributed by atoms with Crippen molar-refractivity contribution >= 4 is 0 Å². The lowest BCUT2D eigenvalue weighted by molar-refractivity contribution is -0.184. The van der Waals surface area contributed by atoms with Crippen molar-refractivity contribution in [1.82, 2.24) is 4.90 Å². The molecule has 1 aliphatic carbocycles. The molecule has 2 nitrogen and oxygen atoms in total. The number of rotatable bonds is 2. The van der Waals surface area contributed by atoms with Crippen LogP contribution in [0.25, 0.3) is 0 Å². The monoisotopic (exact) mass is 264 g/mol. The number of hydrogen-bond acceptors (Lipinski definition) is 2. The van der Waals surface area contributed by atoms with Gasteiger partial charge in [0.05, 0.1) is 5.92 Å². The quantitative estimate of drug-likeness (QED) is 0.831. The molecule has 106 valence electrons. The molecule has 1 unspecified atom stereocenters. The summed E-state index contributed by atoms with van der Waals surface area (Å²) in [6, 6.07) is 0.359. The van der Waals surface area contributed by atoms with Gasteiger partial charge in [0.2, 0.25) is 0 Å². The highest BCUT2D eigenvalue weighted by Gasteiger charge is 2.42. The molecular formula is C13H23F3N2. The second-order valence-electron chi connectivity index (χ2n) is 5.79. The van der Waals surface area contributed by atoms with E-state index in [4.69, 9.17) is 5.73 Å². The fourth-order valence-electron chi connectivity index (χ4n) is 3.39. The molecule has 1 aliphatic heterocycles. The lowest BCUT2D eigenvalue weighted by atomic mass is 9.83. The summed E-state index contributed by atoms with van der Waals surface area (Å²) in [6.07, 6.45) is 0.317. The number of alkyl halides is 3. The normalized spacial score (nSPS) is 35.7. The minimum absolute atomic E-state index is 0.304. The summed E-state index contributed by atoms with van der Waals surface area (Å²) in [7, 11) is 0. The number of nitrogens with zero attached hydrogens (tertiary/aromatic N) is 1.